The van der Waals surface area contributed by atoms with E-state index >= 15 is 0 Å². The van der Waals surface area contributed by atoms with Crippen LogP contribution in [0.2, 0.25) is 0 Å². The van der Waals surface area contributed by atoms with Gasteiger partial charge >= 0.3 is 6.03 Å². The molecule has 2 saturated heterocycles. The van der Waals surface area contributed by atoms with Gasteiger partial charge in [-0.15, -0.1) is 0 Å². The average Bonchev–Trinajstić information content (AvgIpc) is 2.91. The molecule has 0 aliphatic carbocycles. The summed E-state index contributed by atoms with van der Waals surface area (Å²) in [5.41, 5.74) is 0.227. The highest BCUT2D eigenvalue weighted by Crippen LogP contribution is 2.25. The third-order valence-corrected chi connectivity index (χ3v) is 4.70. The molecule has 24 heavy (non-hydrogen) atoms. The Kier molecular flexibility index (Phi) is 5.01. The van der Waals surface area contributed by atoms with E-state index in [1.807, 2.05) is 0 Å². The Morgan fingerprint density at radius 2 is 2.08 bits per heavy atom. The molecule has 0 radical (unpaired) electrons. The third kappa shape index (κ3) is 3.84. The maximum absolute atomic E-state index is 13.2. The summed E-state index contributed by atoms with van der Waals surface area (Å²) in [5, 5.41) is 5.44. The predicted molar refractivity (Wildman–Crippen MR) is 86.9 cm³/mol. The first-order chi connectivity index (χ1) is 11.4. The minimum absolute atomic E-state index is 0.0230. The molecule has 3 rings (SSSR count). The Bertz CT molecular complexity index is 611. The summed E-state index contributed by atoms with van der Waals surface area (Å²) in [6.45, 7) is 6.64. The minimum Gasteiger partial charge on any atom is -0.375 e. The molecule has 0 aromatic heterocycles. The zero-order valence-corrected chi connectivity index (χ0v) is 13.9. The number of fused-ring (bicyclic) bond motifs is 1. The van der Waals surface area contributed by atoms with Gasteiger partial charge in [-0.2, -0.15) is 0 Å². The fourth-order valence-corrected chi connectivity index (χ4v) is 3.33. The summed E-state index contributed by atoms with van der Waals surface area (Å²) in [4.78, 5) is 14.4. The van der Waals surface area contributed by atoms with E-state index in [0.717, 1.165) is 31.6 Å². The smallest absolute Gasteiger partial charge is 0.319 e. The Morgan fingerprint density at radius 1 is 1.29 bits per heavy atom. The van der Waals surface area contributed by atoms with Crippen LogP contribution in [0, 0.1) is 17.6 Å². The van der Waals surface area contributed by atoms with Gasteiger partial charge in [0.1, 0.15) is 0 Å². The number of halogens is 2. The molecule has 7 heteroatoms. The number of anilines is 1. The number of benzene rings is 1. The summed E-state index contributed by atoms with van der Waals surface area (Å²) < 4.78 is 32.0. The Morgan fingerprint density at radius 3 is 2.79 bits per heavy atom. The topological polar surface area (TPSA) is 53.6 Å². The zero-order valence-electron chi connectivity index (χ0n) is 13.9. The fourth-order valence-electron chi connectivity index (χ4n) is 3.33. The highest BCUT2D eigenvalue weighted by molar-refractivity contribution is 5.89. The van der Waals surface area contributed by atoms with Crippen LogP contribution in [0.25, 0.3) is 0 Å². The molecule has 1 aromatic rings. The van der Waals surface area contributed by atoms with Crippen molar-refractivity contribution in [1.29, 1.82) is 0 Å². The molecule has 0 bridgehead atoms. The molecular formula is C17H23F2N3O2. The number of hydrogen-bond donors (Lipinski definition) is 2. The Hall–Kier alpha value is -1.73. The van der Waals surface area contributed by atoms with Gasteiger partial charge in [0, 0.05) is 36.9 Å². The molecule has 2 aliphatic heterocycles. The summed E-state index contributed by atoms with van der Waals surface area (Å²) >= 11 is 0. The van der Waals surface area contributed by atoms with Crippen molar-refractivity contribution >= 4 is 11.7 Å². The van der Waals surface area contributed by atoms with Crippen molar-refractivity contribution in [3.05, 3.63) is 29.8 Å². The average molecular weight is 339 g/mol. The van der Waals surface area contributed by atoms with Crippen molar-refractivity contribution < 1.29 is 18.3 Å². The van der Waals surface area contributed by atoms with E-state index in [-0.39, 0.29) is 17.8 Å². The van der Waals surface area contributed by atoms with Gasteiger partial charge in [0.25, 0.3) is 0 Å². The summed E-state index contributed by atoms with van der Waals surface area (Å²) in [7, 11) is 0. The van der Waals surface area contributed by atoms with Crippen LogP contribution in [-0.4, -0.2) is 48.8 Å². The number of nitrogens with zero attached hydrogens (tertiary/aromatic N) is 1. The summed E-state index contributed by atoms with van der Waals surface area (Å²) in [5.74, 6) is -1.45. The highest BCUT2D eigenvalue weighted by atomic mass is 19.2. The molecule has 2 N–H and O–H groups in total. The van der Waals surface area contributed by atoms with Gasteiger partial charge in [0.05, 0.1) is 12.7 Å². The van der Waals surface area contributed by atoms with E-state index in [2.05, 4.69) is 29.4 Å². The quantitative estimate of drug-likeness (QED) is 0.890. The van der Waals surface area contributed by atoms with Crippen molar-refractivity contribution in [1.82, 2.24) is 10.2 Å². The van der Waals surface area contributed by atoms with E-state index in [0.29, 0.717) is 18.6 Å². The second-order valence-corrected chi connectivity index (χ2v) is 6.88. The molecule has 3 atom stereocenters. The summed E-state index contributed by atoms with van der Waals surface area (Å²) in [6.07, 6.45) is 1.06. The standard InChI is InChI=1S/C17H23F2N3O2/c1-10(2)16-8-22-7-12(5-13(22)9-24-16)21-17(23)20-11-3-4-14(18)15(19)6-11/h3-4,6,10,12-13,16H,5,7-9H2,1-2H3,(H2,20,21,23). The lowest BCUT2D eigenvalue weighted by Crippen LogP contribution is -2.48. The van der Waals surface area contributed by atoms with Crippen molar-refractivity contribution in [3.63, 3.8) is 0 Å². The first-order valence-electron chi connectivity index (χ1n) is 8.30. The number of ether oxygens (including phenoxy) is 1. The van der Waals surface area contributed by atoms with Crippen LogP contribution >= 0.6 is 0 Å². The molecule has 2 heterocycles. The zero-order chi connectivity index (χ0) is 17.3. The number of hydrogen-bond acceptors (Lipinski definition) is 3. The van der Waals surface area contributed by atoms with E-state index in [9.17, 15) is 13.6 Å². The van der Waals surface area contributed by atoms with E-state index < -0.39 is 17.7 Å². The minimum atomic E-state index is -0.984. The first-order valence-corrected chi connectivity index (χ1v) is 8.30. The van der Waals surface area contributed by atoms with Crippen LogP contribution in [0.5, 0.6) is 0 Å². The second kappa shape index (κ2) is 7.03. The fraction of sp³-hybridized carbons (Fsp3) is 0.588. The maximum Gasteiger partial charge on any atom is 0.319 e. The SMILES string of the molecule is CC(C)C1CN2CC(NC(=O)Nc3ccc(F)c(F)c3)CC2CO1. The van der Waals surface area contributed by atoms with Gasteiger partial charge in [0.2, 0.25) is 0 Å². The van der Waals surface area contributed by atoms with Crippen molar-refractivity contribution in [2.24, 2.45) is 5.92 Å². The van der Waals surface area contributed by atoms with Gasteiger partial charge < -0.3 is 15.4 Å². The number of rotatable bonds is 3. The van der Waals surface area contributed by atoms with Crippen LogP contribution in [0.3, 0.4) is 0 Å². The first kappa shape index (κ1) is 17.1. The molecule has 132 valence electrons. The van der Waals surface area contributed by atoms with Gasteiger partial charge in [-0.1, -0.05) is 13.8 Å². The lowest BCUT2D eigenvalue weighted by atomic mass is 10.0. The summed E-state index contributed by atoms with van der Waals surface area (Å²) in [6, 6.07) is 3.23. The molecule has 5 nitrogen and oxygen atoms in total. The van der Waals surface area contributed by atoms with Crippen LogP contribution in [0.15, 0.2) is 18.2 Å². The number of amides is 2. The number of nitrogens with one attached hydrogen (secondary N) is 2. The molecule has 2 fully saturated rings. The largest absolute Gasteiger partial charge is 0.375 e. The molecule has 0 spiro atoms. The third-order valence-electron chi connectivity index (χ3n) is 4.70. The van der Waals surface area contributed by atoms with Gasteiger partial charge in [-0.25, -0.2) is 13.6 Å². The lowest BCUT2D eigenvalue weighted by Gasteiger charge is -2.36. The molecular weight excluding hydrogens is 316 g/mol. The molecule has 2 aliphatic rings. The number of morpholine rings is 1. The number of carbonyl (C=O) groups is 1. The second-order valence-electron chi connectivity index (χ2n) is 6.88. The molecule has 2 amide bonds. The van der Waals surface area contributed by atoms with Crippen LogP contribution in [0.1, 0.15) is 20.3 Å². The molecule has 3 unspecified atom stereocenters. The van der Waals surface area contributed by atoms with Crippen molar-refractivity contribution in [3.8, 4) is 0 Å². The van der Waals surface area contributed by atoms with Gasteiger partial charge in [-0.3, -0.25) is 4.90 Å². The molecule has 0 saturated carbocycles. The van der Waals surface area contributed by atoms with Crippen molar-refractivity contribution in [2.45, 2.75) is 38.5 Å². The van der Waals surface area contributed by atoms with Crippen LogP contribution < -0.4 is 10.6 Å². The normalized spacial score (nSPS) is 27.1. The van der Waals surface area contributed by atoms with E-state index in [1.165, 1.54) is 6.07 Å². The Balaban J connectivity index is 1.52. The molecule has 1 aromatic carbocycles. The van der Waals surface area contributed by atoms with E-state index in [4.69, 9.17) is 4.74 Å². The maximum atomic E-state index is 13.2. The number of carbonyl (C=O) groups excluding carboxylic acids is 1. The number of urea groups is 1. The highest BCUT2D eigenvalue weighted by Gasteiger charge is 2.38. The monoisotopic (exact) mass is 339 g/mol. The van der Waals surface area contributed by atoms with Gasteiger partial charge in [0.15, 0.2) is 11.6 Å². The van der Waals surface area contributed by atoms with E-state index in [1.54, 1.807) is 0 Å². The Labute approximate surface area is 140 Å². The van der Waals surface area contributed by atoms with Crippen LogP contribution in [0.4, 0.5) is 19.3 Å². The van der Waals surface area contributed by atoms with Gasteiger partial charge in [-0.05, 0) is 24.5 Å². The predicted octanol–water partition coefficient (Wildman–Crippen LogP) is 2.58. The lowest BCUT2D eigenvalue weighted by molar-refractivity contribution is -0.0683. The van der Waals surface area contributed by atoms with Crippen molar-refractivity contribution in [2.75, 3.05) is 25.0 Å². The van der Waals surface area contributed by atoms with Crippen LogP contribution in [-0.2, 0) is 4.74 Å².